The number of aromatic nitrogens is 3. The third-order valence-corrected chi connectivity index (χ3v) is 5.18. The van der Waals surface area contributed by atoms with E-state index in [0.717, 1.165) is 5.69 Å². The molecule has 162 valence electrons. The number of rotatable bonds is 4. The summed E-state index contributed by atoms with van der Waals surface area (Å²) in [5.74, 6) is 0.0536. The number of fused-ring (bicyclic) bond motifs is 1. The lowest BCUT2D eigenvalue weighted by atomic mass is 10.1. The second kappa shape index (κ2) is 8.86. The Balaban J connectivity index is 1.54. The molecule has 2 aromatic carbocycles. The number of hydrogen-bond donors (Lipinski definition) is 3. The molecule has 0 atom stereocenters. The zero-order chi connectivity index (χ0) is 22.8. The number of phenols is 1. The number of nitrogens with one attached hydrogen (secondary N) is 2. The fraction of sp³-hybridized carbons (Fsp3) is 0.0909. The Morgan fingerprint density at radius 2 is 1.66 bits per heavy atom. The Labute approximate surface area is 193 Å². The van der Waals surface area contributed by atoms with Crippen molar-refractivity contribution < 1.29 is 9.90 Å². The first kappa shape index (κ1) is 21.6. The van der Waals surface area contributed by atoms with Crippen LogP contribution in [0.15, 0.2) is 54.7 Å². The number of carbonyl (C=O) groups excluding carboxylic acids is 1. The van der Waals surface area contributed by atoms with Gasteiger partial charge in [0, 0.05) is 31.0 Å². The monoisotopic (exact) mass is 468 g/mol. The molecule has 8 nitrogen and oxygen atoms in total. The number of pyridine rings is 1. The maximum absolute atomic E-state index is 12.4. The first-order valence-corrected chi connectivity index (χ1v) is 10.2. The second-order valence-corrected chi connectivity index (χ2v) is 7.92. The molecule has 0 aliphatic rings. The van der Waals surface area contributed by atoms with Crippen LogP contribution in [0.4, 0.5) is 22.0 Å². The van der Waals surface area contributed by atoms with Crippen LogP contribution in [0.3, 0.4) is 0 Å². The molecule has 4 rings (SSSR count). The van der Waals surface area contributed by atoms with Crippen molar-refractivity contribution in [1.29, 1.82) is 0 Å². The molecule has 32 heavy (non-hydrogen) atoms. The van der Waals surface area contributed by atoms with Crippen LogP contribution in [0.25, 0.3) is 22.4 Å². The average molecular weight is 469 g/mol. The fourth-order valence-electron chi connectivity index (χ4n) is 2.95. The Kier molecular flexibility index (Phi) is 5.98. The molecular weight excluding hydrogens is 451 g/mol. The number of halogens is 2. The average Bonchev–Trinajstić information content (AvgIpc) is 2.77. The van der Waals surface area contributed by atoms with Gasteiger partial charge in [0.05, 0.1) is 21.9 Å². The Hall–Kier alpha value is -3.62. The molecule has 0 saturated carbocycles. The summed E-state index contributed by atoms with van der Waals surface area (Å²) in [6.45, 7) is 0. The van der Waals surface area contributed by atoms with Crippen molar-refractivity contribution in [3.63, 3.8) is 0 Å². The largest absolute Gasteiger partial charge is 0.505 e. The van der Waals surface area contributed by atoms with Crippen molar-refractivity contribution in [2.45, 2.75) is 0 Å². The summed E-state index contributed by atoms with van der Waals surface area (Å²) in [7, 11) is 3.88. The van der Waals surface area contributed by atoms with E-state index >= 15 is 0 Å². The summed E-state index contributed by atoms with van der Waals surface area (Å²) in [5.41, 5.74) is 3.70. The number of urea groups is 1. The number of carbonyl (C=O) groups is 1. The molecule has 2 amide bonds. The van der Waals surface area contributed by atoms with E-state index < -0.39 is 6.03 Å². The van der Waals surface area contributed by atoms with Crippen LogP contribution < -0.4 is 15.5 Å². The van der Waals surface area contributed by atoms with E-state index in [9.17, 15) is 9.90 Å². The Morgan fingerprint density at radius 3 is 2.31 bits per heavy atom. The van der Waals surface area contributed by atoms with E-state index in [-0.39, 0.29) is 21.6 Å². The number of anilines is 3. The van der Waals surface area contributed by atoms with Gasteiger partial charge in [-0.1, -0.05) is 23.2 Å². The predicted octanol–water partition coefficient (Wildman–Crippen LogP) is 5.41. The van der Waals surface area contributed by atoms with Gasteiger partial charge in [-0.15, -0.1) is 0 Å². The lowest BCUT2D eigenvalue weighted by Crippen LogP contribution is -2.20. The lowest BCUT2D eigenvalue weighted by molar-refractivity contribution is 0.262. The normalized spacial score (nSPS) is 10.8. The van der Waals surface area contributed by atoms with E-state index in [2.05, 4.69) is 25.6 Å². The van der Waals surface area contributed by atoms with Crippen LogP contribution in [0.1, 0.15) is 0 Å². The minimum Gasteiger partial charge on any atom is -0.505 e. The van der Waals surface area contributed by atoms with Crippen molar-refractivity contribution in [3.8, 4) is 17.0 Å². The standard InChI is InChI=1S/C22H18Cl2N6O2/c1-30(2)14-5-3-13(4-6-14)26-22(32)29-19-11-25-18-8-7-17(27-21(18)28-19)12-9-15(23)20(31)16(24)10-12/h3-11,31H,1-2H3,(H2,26,27,28,29,32). The van der Waals surface area contributed by atoms with Gasteiger partial charge in [-0.05, 0) is 48.5 Å². The molecule has 10 heteroatoms. The summed E-state index contributed by atoms with van der Waals surface area (Å²) in [6.07, 6.45) is 1.45. The quantitative estimate of drug-likeness (QED) is 0.369. The zero-order valence-electron chi connectivity index (χ0n) is 17.1. The maximum Gasteiger partial charge on any atom is 0.324 e. The highest BCUT2D eigenvalue weighted by Gasteiger charge is 2.11. The van der Waals surface area contributed by atoms with Gasteiger partial charge in [0.25, 0.3) is 0 Å². The number of hydrogen-bond acceptors (Lipinski definition) is 6. The van der Waals surface area contributed by atoms with Crippen LogP contribution in [-0.2, 0) is 0 Å². The topological polar surface area (TPSA) is 103 Å². The van der Waals surface area contributed by atoms with Gasteiger partial charge >= 0.3 is 6.03 Å². The molecule has 0 bridgehead atoms. The molecule has 0 unspecified atom stereocenters. The second-order valence-electron chi connectivity index (χ2n) is 7.10. The molecule has 0 saturated heterocycles. The Bertz CT molecular complexity index is 1290. The lowest BCUT2D eigenvalue weighted by Gasteiger charge is -2.13. The minimum atomic E-state index is -0.454. The summed E-state index contributed by atoms with van der Waals surface area (Å²) in [4.78, 5) is 27.5. The van der Waals surface area contributed by atoms with Crippen LogP contribution >= 0.6 is 23.2 Å². The SMILES string of the molecule is CN(C)c1ccc(NC(=O)Nc2cnc3ccc(-c4cc(Cl)c(O)c(Cl)c4)nc3n2)cc1. The number of amides is 2. The first-order valence-electron chi connectivity index (χ1n) is 9.48. The summed E-state index contributed by atoms with van der Waals surface area (Å²) >= 11 is 12.0. The minimum absolute atomic E-state index is 0.117. The van der Waals surface area contributed by atoms with Crippen molar-refractivity contribution in [1.82, 2.24) is 15.0 Å². The predicted molar refractivity (Wildman–Crippen MR) is 128 cm³/mol. The molecule has 2 aromatic heterocycles. The molecule has 0 fully saturated rings. The van der Waals surface area contributed by atoms with Gasteiger partial charge in [0.15, 0.2) is 17.2 Å². The molecule has 4 aromatic rings. The molecule has 2 heterocycles. The van der Waals surface area contributed by atoms with Crippen molar-refractivity contribution in [3.05, 3.63) is 64.8 Å². The van der Waals surface area contributed by atoms with Gasteiger partial charge in [-0.2, -0.15) is 0 Å². The Morgan fingerprint density at radius 1 is 0.969 bits per heavy atom. The van der Waals surface area contributed by atoms with Crippen LogP contribution in [0, 0.1) is 0 Å². The van der Waals surface area contributed by atoms with Crippen LogP contribution in [-0.4, -0.2) is 40.2 Å². The number of benzene rings is 2. The van der Waals surface area contributed by atoms with Gasteiger partial charge in [-0.25, -0.2) is 19.7 Å². The van der Waals surface area contributed by atoms with Crippen molar-refractivity contribution in [2.75, 3.05) is 29.6 Å². The molecule has 0 aliphatic heterocycles. The number of phenolic OH excluding ortho intramolecular Hbond substituents is 1. The molecule has 0 radical (unpaired) electrons. The molecule has 0 aliphatic carbocycles. The van der Waals surface area contributed by atoms with Crippen LogP contribution in [0.5, 0.6) is 5.75 Å². The third-order valence-electron chi connectivity index (χ3n) is 4.60. The fourth-order valence-corrected chi connectivity index (χ4v) is 3.44. The summed E-state index contributed by atoms with van der Waals surface area (Å²) < 4.78 is 0. The van der Waals surface area contributed by atoms with E-state index in [0.29, 0.717) is 28.1 Å². The number of nitrogens with zero attached hydrogens (tertiary/aromatic N) is 4. The van der Waals surface area contributed by atoms with E-state index in [1.807, 2.05) is 43.3 Å². The van der Waals surface area contributed by atoms with Gasteiger partial charge in [-0.3, -0.25) is 5.32 Å². The maximum atomic E-state index is 12.4. The van der Waals surface area contributed by atoms with Crippen molar-refractivity contribution in [2.24, 2.45) is 0 Å². The highest BCUT2D eigenvalue weighted by molar-refractivity contribution is 6.37. The third kappa shape index (κ3) is 4.66. The smallest absolute Gasteiger partial charge is 0.324 e. The first-order chi connectivity index (χ1) is 15.3. The van der Waals surface area contributed by atoms with Gasteiger partial charge in [0.1, 0.15) is 5.52 Å². The summed E-state index contributed by atoms with van der Waals surface area (Å²) in [5, 5.41) is 15.4. The van der Waals surface area contributed by atoms with Crippen LogP contribution in [0.2, 0.25) is 10.0 Å². The zero-order valence-corrected chi connectivity index (χ0v) is 18.6. The van der Waals surface area contributed by atoms with Crippen molar-refractivity contribution >= 4 is 57.6 Å². The summed E-state index contributed by atoms with van der Waals surface area (Å²) in [6, 6.07) is 13.6. The highest BCUT2D eigenvalue weighted by Crippen LogP contribution is 2.36. The highest BCUT2D eigenvalue weighted by atomic mass is 35.5. The van der Waals surface area contributed by atoms with Gasteiger partial charge < -0.3 is 15.3 Å². The van der Waals surface area contributed by atoms with E-state index in [1.165, 1.54) is 6.20 Å². The van der Waals surface area contributed by atoms with Gasteiger partial charge in [0.2, 0.25) is 0 Å². The molecular formula is C22H18Cl2N6O2. The van der Waals surface area contributed by atoms with E-state index in [4.69, 9.17) is 23.2 Å². The molecule has 0 spiro atoms. The van der Waals surface area contributed by atoms with E-state index in [1.54, 1.807) is 24.3 Å². The molecule has 3 N–H and O–H groups in total. The number of aromatic hydroxyl groups is 1.